The molecule has 0 aliphatic heterocycles. The molecular formula is C18H19ClN2O4. The molecule has 1 atom stereocenters. The zero-order valence-electron chi connectivity index (χ0n) is 13.7. The number of amides is 2. The molecule has 1 aliphatic rings. The Kier molecular flexibility index (Phi) is 4.83. The molecule has 2 aromatic rings. The highest BCUT2D eigenvalue weighted by molar-refractivity contribution is 6.40. The van der Waals surface area contributed by atoms with E-state index in [1.54, 1.807) is 37.3 Å². The number of anilines is 1. The highest BCUT2D eigenvalue weighted by Crippen LogP contribution is 2.45. The van der Waals surface area contributed by atoms with Crippen molar-refractivity contribution in [2.24, 2.45) is 5.92 Å². The van der Waals surface area contributed by atoms with Gasteiger partial charge in [-0.05, 0) is 55.5 Å². The van der Waals surface area contributed by atoms with Crippen molar-refractivity contribution in [1.82, 2.24) is 5.32 Å². The molecule has 25 heavy (non-hydrogen) atoms. The molecule has 0 saturated heterocycles. The Morgan fingerprint density at radius 2 is 2.04 bits per heavy atom. The Balaban J connectivity index is 1.63. The SMILES string of the molecule is Cc1c(Cl)cccc1NC(=O)C(=O)NCC(O)(c1ccco1)C1CC1. The van der Waals surface area contributed by atoms with E-state index in [1.165, 1.54) is 6.26 Å². The topological polar surface area (TPSA) is 91.6 Å². The first kappa shape index (κ1) is 17.5. The van der Waals surface area contributed by atoms with Gasteiger partial charge in [0.25, 0.3) is 0 Å². The van der Waals surface area contributed by atoms with E-state index in [2.05, 4.69) is 10.6 Å². The number of halogens is 1. The Hall–Kier alpha value is -2.31. The van der Waals surface area contributed by atoms with E-state index in [9.17, 15) is 14.7 Å². The maximum Gasteiger partial charge on any atom is 0.313 e. The van der Waals surface area contributed by atoms with E-state index >= 15 is 0 Å². The van der Waals surface area contributed by atoms with Gasteiger partial charge >= 0.3 is 11.8 Å². The van der Waals surface area contributed by atoms with Crippen molar-refractivity contribution in [2.75, 3.05) is 11.9 Å². The molecule has 1 heterocycles. The summed E-state index contributed by atoms with van der Waals surface area (Å²) in [4.78, 5) is 24.2. The lowest BCUT2D eigenvalue weighted by Crippen LogP contribution is -2.45. The number of furan rings is 1. The summed E-state index contributed by atoms with van der Waals surface area (Å²) in [5.74, 6) is -1.24. The first-order valence-electron chi connectivity index (χ1n) is 8.02. The zero-order chi connectivity index (χ0) is 18.0. The van der Waals surface area contributed by atoms with E-state index in [0.717, 1.165) is 12.8 Å². The maximum absolute atomic E-state index is 12.1. The summed E-state index contributed by atoms with van der Waals surface area (Å²) in [5.41, 5.74) is -0.155. The van der Waals surface area contributed by atoms with Crippen molar-refractivity contribution in [3.63, 3.8) is 0 Å². The number of hydrogen-bond acceptors (Lipinski definition) is 4. The summed E-state index contributed by atoms with van der Waals surface area (Å²) in [6.45, 7) is 1.66. The van der Waals surface area contributed by atoms with Crippen molar-refractivity contribution in [3.05, 3.63) is 52.9 Å². The first-order chi connectivity index (χ1) is 11.9. The monoisotopic (exact) mass is 362 g/mol. The number of aliphatic hydroxyl groups is 1. The van der Waals surface area contributed by atoms with E-state index in [-0.39, 0.29) is 12.5 Å². The third kappa shape index (κ3) is 3.70. The third-order valence-electron chi connectivity index (χ3n) is 4.44. The number of carbonyl (C=O) groups is 2. The van der Waals surface area contributed by atoms with Gasteiger partial charge in [0.1, 0.15) is 11.4 Å². The summed E-state index contributed by atoms with van der Waals surface area (Å²) in [6.07, 6.45) is 3.17. The second-order valence-electron chi connectivity index (χ2n) is 6.23. The van der Waals surface area contributed by atoms with E-state index in [0.29, 0.717) is 22.0 Å². The van der Waals surface area contributed by atoms with Crippen LogP contribution in [-0.4, -0.2) is 23.5 Å². The Morgan fingerprint density at radius 1 is 1.28 bits per heavy atom. The molecular weight excluding hydrogens is 344 g/mol. The van der Waals surface area contributed by atoms with Gasteiger partial charge < -0.3 is 20.2 Å². The fraction of sp³-hybridized carbons (Fsp3) is 0.333. The Labute approximate surface area is 150 Å². The molecule has 1 unspecified atom stereocenters. The largest absolute Gasteiger partial charge is 0.466 e. The number of rotatable bonds is 5. The van der Waals surface area contributed by atoms with Crippen LogP contribution in [-0.2, 0) is 15.2 Å². The molecule has 1 saturated carbocycles. The molecule has 1 aromatic carbocycles. The number of carbonyl (C=O) groups excluding carboxylic acids is 2. The molecule has 3 rings (SSSR count). The quantitative estimate of drug-likeness (QED) is 0.713. The van der Waals surface area contributed by atoms with Gasteiger partial charge in [-0.25, -0.2) is 0 Å². The number of hydrogen-bond donors (Lipinski definition) is 3. The molecule has 7 heteroatoms. The van der Waals surface area contributed by atoms with Crippen LogP contribution in [0.5, 0.6) is 0 Å². The second-order valence-corrected chi connectivity index (χ2v) is 6.63. The first-order valence-corrected chi connectivity index (χ1v) is 8.40. The smallest absolute Gasteiger partial charge is 0.313 e. The molecule has 0 spiro atoms. The van der Waals surface area contributed by atoms with Crippen LogP contribution >= 0.6 is 11.6 Å². The van der Waals surface area contributed by atoms with Crippen LogP contribution < -0.4 is 10.6 Å². The molecule has 0 bridgehead atoms. The van der Waals surface area contributed by atoms with Crippen LogP contribution in [0.3, 0.4) is 0 Å². The van der Waals surface area contributed by atoms with Gasteiger partial charge in [-0.15, -0.1) is 0 Å². The van der Waals surface area contributed by atoms with Gasteiger partial charge in [0, 0.05) is 10.7 Å². The summed E-state index contributed by atoms with van der Waals surface area (Å²) < 4.78 is 5.30. The standard InChI is InChI=1S/C18H19ClN2O4/c1-11-13(19)4-2-5-14(11)21-17(23)16(22)20-10-18(24,12-7-8-12)15-6-3-9-25-15/h2-6,9,12,24H,7-8,10H2,1H3,(H,20,22)(H,21,23). The van der Waals surface area contributed by atoms with Crippen LogP contribution in [0.1, 0.15) is 24.2 Å². The normalized spacial score (nSPS) is 16.1. The molecule has 1 aromatic heterocycles. The van der Waals surface area contributed by atoms with Crippen molar-refractivity contribution >= 4 is 29.1 Å². The van der Waals surface area contributed by atoms with Crippen LogP contribution in [0, 0.1) is 12.8 Å². The van der Waals surface area contributed by atoms with E-state index in [1.807, 2.05) is 0 Å². The van der Waals surface area contributed by atoms with Crippen molar-refractivity contribution in [3.8, 4) is 0 Å². The highest BCUT2D eigenvalue weighted by atomic mass is 35.5. The third-order valence-corrected chi connectivity index (χ3v) is 4.85. The predicted molar refractivity (Wildman–Crippen MR) is 93.2 cm³/mol. The molecule has 0 radical (unpaired) electrons. The minimum atomic E-state index is -1.30. The molecule has 1 aliphatic carbocycles. The van der Waals surface area contributed by atoms with Crippen molar-refractivity contribution < 1.29 is 19.1 Å². The summed E-state index contributed by atoms with van der Waals surface area (Å²) in [6, 6.07) is 8.39. The van der Waals surface area contributed by atoms with Crippen LogP contribution in [0.2, 0.25) is 5.02 Å². The highest BCUT2D eigenvalue weighted by Gasteiger charge is 2.47. The molecule has 6 nitrogen and oxygen atoms in total. The zero-order valence-corrected chi connectivity index (χ0v) is 14.5. The Morgan fingerprint density at radius 3 is 2.68 bits per heavy atom. The molecule has 1 fully saturated rings. The summed E-state index contributed by atoms with van der Waals surface area (Å²) in [7, 11) is 0. The molecule has 2 amide bonds. The lowest BCUT2D eigenvalue weighted by atomic mass is 9.94. The van der Waals surface area contributed by atoms with Gasteiger partial charge in [-0.3, -0.25) is 9.59 Å². The maximum atomic E-state index is 12.1. The number of benzene rings is 1. The fourth-order valence-electron chi connectivity index (χ4n) is 2.74. The predicted octanol–water partition coefficient (Wildman–Crippen LogP) is 2.59. The van der Waals surface area contributed by atoms with Crippen LogP contribution in [0.25, 0.3) is 0 Å². The molecule has 132 valence electrons. The van der Waals surface area contributed by atoms with E-state index in [4.69, 9.17) is 16.0 Å². The Bertz CT molecular complexity index is 786. The second kappa shape index (κ2) is 6.90. The summed E-state index contributed by atoms with van der Waals surface area (Å²) in [5, 5.41) is 16.4. The van der Waals surface area contributed by atoms with Gasteiger partial charge in [-0.1, -0.05) is 17.7 Å². The van der Waals surface area contributed by atoms with Crippen molar-refractivity contribution in [1.29, 1.82) is 0 Å². The van der Waals surface area contributed by atoms with Gasteiger partial charge in [0.2, 0.25) is 0 Å². The van der Waals surface area contributed by atoms with Gasteiger partial charge in [-0.2, -0.15) is 0 Å². The van der Waals surface area contributed by atoms with Gasteiger partial charge in [0.15, 0.2) is 0 Å². The molecule has 3 N–H and O–H groups in total. The van der Waals surface area contributed by atoms with E-state index < -0.39 is 17.4 Å². The van der Waals surface area contributed by atoms with Crippen molar-refractivity contribution in [2.45, 2.75) is 25.4 Å². The fourth-order valence-corrected chi connectivity index (χ4v) is 2.91. The average molecular weight is 363 g/mol. The van der Waals surface area contributed by atoms with Gasteiger partial charge in [0.05, 0.1) is 12.8 Å². The minimum absolute atomic E-state index is 0.0113. The minimum Gasteiger partial charge on any atom is -0.466 e. The lowest BCUT2D eigenvalue weighted by Gasteiger charge is -2.26. The number of nitrogens with one attached hydrogen (secondary N) is 2. The average Bonchev–Trinajstić information content (AvgIpc) is 3.31. The summed E-state index contributed by atoms with van der Waals surface area (Å²) >= 11 is 6.00. The lowest BCUT2D eigenvalue weighted by molar-refractivity contribution is -0.137. The van der Waals surface area contributed by atoms with Crippen LogP contribution in [0.15, 0.2) is 41.0 Å². The van der Waals surface area contributed by atoms with Crippen LogP contribution in [0.4, 0.5) is 5.69 Å².